The number of ether oxygens (including phenoxy) is 1. The van der Waals surface area contributed by atoms with Crippen molar-refractivity contribution < 1.29 is 24.2 Å². The monoisotopic (exact) mass is 246 g/mol. The van der Waals surface area contributed by atoms with Gasteiger partial charge in [0.25, 0.3) is 0 Å². The van der Waals surface area contributed by atoms with E-state index in [1.807, 2.05) is 6.92 Å². The van der Waals surface area contributed by atoms with E-state index in [0.717, 1.165) is 12.8 Å². The second kappa shape index (κ2) is 8.37. The Balaban J connectivity index is 3.82. The lowest BCUT2D eigenvalue weighted by Gasteiger charge is -2.13. The van der Waals surface area contributed by atoms with Gasteiger partial charge in [0, 0.05) is 0 Å². The number of carbonyl (C=O) groups excluding carboxylic acids is 2. The lowest BCUT2D eigenvalue weighted by Crippen LogP contribution is -2.46. The highest BCUT2D eigenvalue weighted by atomic mass is 16.5. The molecule has 0 bridgehead atoms. The summed E-state index contributed by atoms with van der Waals surface area (Å²) < 4.78 is 4.78. The molecule has 0 unspecified atom stereocenters. The Bertz CT molecular complexity index is 280. The molecule has 0 fully saturated rings. The molecule has 0 aromatic carbocycles. The molecular weight excluding hydrogens is 228 g/mol. The molecule has 7 heteroatoms. The number of hydrogen-bond donors (Lipinski definition) is 3. The van der Waals surface area contributed by atoms with E-state index in [4.69, 9.17) is 9.84 Å². The number of carboxylic acids is 1. The predicted octanol–water partition coefficient (Wildman–Crippen LogP) is 0.102. The van der Waals surface area contributed by atoms with Gasteiger partial charge in [-0.15, -0.1) is 0 Å². The molecule has 17 heavy (non-hydrogen) atoms. The van der Waals surface area contributed by atoms with E-state index in [1.54, 1.807) is 0 Å². The second-order valence-electron chi connectivity index (χ2n) is 3.47. The van der Waals surface area contributed by atoms with Crippen LogP contribution < -0.4 is 10.6 Å². The first-order chi connectivity index (χ1) is 7.97. The number of unbranched alkanes of at least 4 members (excludes halogenated alkanes) is 1. The van der Waals surface area contributed by atoms with E-state index in [1.165, 1.54) is 6.92 Å². The number of alkyl carbamates (subject to hydrolysis) is 1. The van der Waals surface area contributed by atoms with Crippen molar-refractivity contribution in [1.82, 2.24) is 10.6 Å². The van der Waals surface area contributed by atoms with Crippen molar-refractivity contribution in [1.29, 1.82) is 0 Å². The Labute approximate surface area is 99.5 Å². The lowest BCUT2D eigenvalue weighted by molar-refractivity contribution is -0.138. The van der Waals surface area contributed by atoms with Gasteiger partial charge in [0.2, 0.25) is 5.91 Å². The molecule has 7 nitrogen and oxygen atoms in total. The minimum atomic E-state index is -1.14. The van der Waals surface area contributed by atoms with Crippen LogP contribution in [-0.4, -0.2) is 42.3 Å². The fourth-order valence-corrected chi connectivity index (χ4v) is 0.909. The first-order valence-corrected chi connectivity index (χ1v) is 5.40. The van der Waals surface area contributed by atoms with Crippen LogP contribution in [0.25, 0.3) is 0 Å². The molecule has 0 spiro atoms. The number of amides is 2. The zero-order chi connectivity index (χ0) is 13.3. The van der Waals surface area contributed by atoms with Crippen LogP contribution in [-0.2, 0) is 14.3 Å². The van der Waals surface area contributed by atoms with Gasteiger partial charge in [0.15, 0.2) is 0 Å². The SMILES string of the molecule is CCCCOC(=O)N[C@H](C)C(=O)NCC(=O)O. The third kappa shape index (κ3) is 8.06. The van der Waals surface area contributed by atoms with Crippen molar-refractivity contribution in [3.63, 3.8) is 0 Å². The third-order valence-electron chi connectivity index (χ3n) is 1.87. The molecule has 2 amide bonds. The molecule has 0 aliphatic carbocycles. The summed E-state index contributed by atoms with van der Waals surface area (Å²) >= 11 is 0. The maximum atomic E-state index is 11.3. The molecule has 0 aliphatic rings. The van der Waals surface area contributed by atoms with Crippen LogP contribution >= 0.6 is 0 Å². The van der Waals surface area contributed by atoms with Gasteiger partial charge in [-0.2, -0.15) is 0 Å². The molecule has 0 aliphatic heterocycles. The normalized spacial score (nSPS) is 11.4. The molecule has 0 rings (SSSR count). The van der Waals surface area contributed by atoms with E-state index in [9.17, 15) is 14.4 Å². The van der Waals surface area contributed by atoms with Gasteiger partial charge in [0.1, 0.15) is 12.6 Å². The fourth-order valence-electron chi connectivity index (χ4n) is 0.909. The quantitative estimate of drug-likeness (QED) is 0.553. The highest BCUT2D eigenvalue weighted by Crippen LogP contribution is 1.90. The molecule has 3 N–H and O–H groups in total. The van der Waals surface area contributed by atoms with Crippen molar-refractivity contribution in [3.05, 3.63) is 0 Å². The van der Waals surface area contributed by atoms with Crippen molar-refractivity contribution in [2.24, 2.45) is 0 Å². The van der Waals surface area contributed by atoms with E-state index >= 15 is 0 Å². The van der Waals surface area contributed by atoms with Crippen LogP contribution in [0.15, 0.2) is 0 Å². The summed E-state index contributed by atoms with van der Waals surface area (Å²) in [6.07, 6.45) is 0.978. The van der Waals surface area contributed by atoms with Gasteiger partial charge in [-0.25, -0.2) is 4.79 Å². The molecule has 98 valence electrons. The molecule has 0 saturated heterocycles. The Morgan fingerprint density at radius 1 is 1.35 bits per heavy atom. The van der Waals surface area contributed by atoms with Gasteiger partial charge in [-0.3, -0.25) is 9.59 Å². The minimum Gasteiger partial charge on any atom is -0.480 e. The van der Waals surface area contributed by atoms with Crippen LogP contribution in [0.1, 0.15) is 26.7 Å². The van der Waals surface area contributed by atoms with Crippen molar-refractivity contribution in [2.75, 3.05) is 13.2 Å². The average Bonchev–Trinajstić information content (AvgIpc) is 2.26. The summed E-state index contributed by atoms with van der Waals surface area (Å²) in [4.78, 5) is 32.6. The Morgan fingerprint density at radius 3 is 2.53 bits per heavy atom. The summed E-state index contributed by atoms with van der Waals surface area (Å²) in [5.74, 6) is -1.71. The average molecular weight is 246 g/mol. The smallest absolute Gasteiger partial charge is 0.407 e. The molecule has 0 radical (unpaired) electrons. The standard InChI is InChI=1S/C10H18N2O5/c1-3-4-5-17-10(16)12-7(2)9(15)11-6-8(13)14/h7H,3-6H2,1-2H3,(H,11,15)(H,12,16)(H,13,14)/t7-/m1/s1. The number of rotatable bonds is 7. The van der Waals surface area contributed by atoms with Crippen molar-refractivity contribution >= 4 is 18.0 Å². The molecule has 0 aromatic rings. The molecule has 0 heterocycles. The third-order valence-corrected chi connectivity index (χ3v) is 1.87. The minimum absolute atomic E-state index is 0.297. The van der Waals surface area contributed by atoms with E-state index in [2.05, 4.69) is 10.6 Å². The Hall–Kier alpha value is -1.79. The molecule has 1 atom stereocenters. The predicted molar refractivity (Wildman–Crippen MR) is 59.5 cm³/mol. The van der Waals surface area contributed by atoms with E-state index in [0.29, 0.717) is 6.61 Å². The van der Waals surface area contributed by atoms with Crippen LogP contribution in [0.5, 0.6) is 0 Å². The maximum Gasteiger partial charge on any atom is 0.407 e. The molecular formula is C10H18N2O5. The van der Waals surface area contributed by atoms with Gasteiger partial charge in [0.05, 0.1) is 6.61 Å². The number of nitrogens with one attached hydrogen (secondary N) is 2. The largest absolute Gasteiger partial charge is 0.480 e. The van der Waals surface area contributed by atoms with Crippen LogP contribution in [0, 0.1) is 0 Å². The number of carboxylic acid groups (broad SMARTS) is 1. The summed E-state index contributed by atoms with van der Waals surface area (Å²) in [5, 5.41) is 12.8. The fraction of sp³-hybridized carbons (Fsp3) is 0.700. The summed E-state index contributed by atoms with van der Waals surface area (Å²) in [7, 11) is 0. The van der Waals surface area contributed by atoms with Crippen LogP contribution in [0.2, 0.25) is 0 Å². The molecule has 0 saturated carbocycles. The number of hydrogen-bond acceptors (Lipinski definition) is 4. The van der Waals surface area contributed by atoms with Crippen molar-refractivity contribution in [2.45, 2.75) is 32.7 Å². The summed E-state index contributed by atoms with van der Waals surface area (Å²) in [6.45, 7) is 3.23. The zero-order valence-corrected chi connectivity index (χ0v) is 9.99. The zero-order valence-electron chi connectivity index (χ0n) is 9.99. The van der Waals surface area contributed by atoms with Gasteiger partial charge in [-0.05, 0) is 13.3 Å². The van der Waals surface area contributed by atoms with E-state index < -0.39 is 30.6 Å². The van der Waals surface area contributed by atoms with Crippen LogP contribution in [0.4, 0.5) is 4.79 Å². The Morgan fingerprint density at radius 2 is 2.00 bits per heavy atom. The van der Waals surface area contributed by atoms with Gasteiger partial charge >= 0.3 is 12.1 Å². The molecule has 0 aromatic heterocycles. The summed E-state index contributed by atoms with van der Waals surface area (Å²) in [5.41, 5.74) is 0. The van der Waals surface area contributed by atoms with Crippen molar-refractivity contribution in [3.8, 4) is 0 Å². The Kier molecular flexibility index (Phi) is 7.49. The highest BCUT2D eigenvalue weighted by Gasteiger charge is 2.16. The maximum absolute atomic E-state index is 11.3. The van der Waals surface area contributed by atoms with Gasteiger partial charge < -0.3 is 20.5 Å². The topological polar surface area (TPSA) is 105 Å². The second-order valence-corrected chi connectivity index (χ2v) is 3.47. The number of carbonyl (C=O) groups is 3. The first kappa shape index (κ1) is 15.2. The highest BCUT2D eigenvalue weighted by molar-refractivity contribution is 5.87. The number of aliphatic carboxylic acids is 1. The first-order valence-electron chi connectivity index (χ1n) is 5.40. The van der Waals surface area contributed by atoms with Crippen LogP contribution in [0.3, 0.4) is 0 Å². The van der Waals surface area contributed by atoms with E-state index in [-0.39, 0.29) is 0 Å². The lowest BCUT2D eigenvalue weighted by atomic mass is 10.3. The van der Waals surface area contributed by atoms with Gasteiger partial charge in [-0.1, -0.05) is 13.3 Å². The summed E-state index contributed by atoms with van der Waals surface area (Å²) in [6, 6.07) is -0.830.